The van der Waals surface area contributed by atoms with Crippen molar-refractivity contribution in [1.29, 1.82) is 0 Å². The highest BCUT2D eigenvalue weighted by Crippen LogP contribution is 2.26. The van der Waals surface area contributed by atoms with Gasteiger partial charge in [0, 0.05) is 12.5 Å². The smallest absolute Gasteiger partial charge is 0.0581 e. The van der Waals surface area contributed by atoms with Crippen LogP contribution in [0.25, 0.3) is 0 Å². The number of hydrogen-bond acceptors (Lipinski definition) is 1. The third-order valence-electron chi connectivity index (χ3n) is 3.74. The van der Waals surface area contributed by atoms with E-state index >= 15 is 0 Å². The van der Waals surface area contributed by atoms with E-state index in [1.807, 2.05) is 6.07 Å². The molecule has 0 fully saturated rings. The number of aryl methyl sites for hydroxylation is 2. The molecule has 0 bridgehead atoms. The van der Waals surface area contributed by atoms with Crippen LogP contribution in [0.1, 0.15) is 41.6 Å². The molecule has 1 nitrogen and oxygen atoms in total. The zero-order valence-corrected chi connectivity index (χ0v) is 13.1. The van der Waals surface area contributed by atoms with Crippen molar-refractivity contribution in [3.8, 4) is 12.3 Å². The van der Waals surface area contributed by atoms with Crippen molar-refractivity contribution in [1.82, 2.24) is 5.32 Å². The number of terminal acetylenes is 1. The first-order valence-corrected chi connectivity index (χ1v) is 7.43. The average Bonchev–Trinajstić information content (AvgIpc) is 2.47. The second kappa shape index (κ2) is 7.11. The van der Waals surface area contributed by atoms with Gasteiger partial charge < -0.3 is 5.32 Å². The molecule has 0 aliphatic heterocycles. The van der Waals surface area contributed by atoms with Crippen LogP contribution >= 0.6 is 0 Å². The molecule has 0 aliphatic carbocycles. The van der Waals surface area contributed by atoms with Gasteiger partial charge in [0.2, 0.25) is 0 Å². The summed E-state index contributed by atoms with van der Waals surface area (Å²) in [6, 6.07) is 17.6. The highest BCUT2D eigenvalue weighted by atomic mass is 14.9. The molecule has 1 N–H and O–H groups in total. The van der Waals surface area contributed by atoms with Gasteiger partial charge in [0.15, 0.2) is 0 Å². The molecule has 0 spiro atoms. The van der Waals surface area contributed by atoms with Gasteiger partial charge in [-0.15, -0.1) is 12.3 Å². The molecule has 1 heteroatoms. The van der Waals surface area contributed by atoms with Gasteiger partial charge in [-0.25, -0.2) is 0 Å². The summed E-state index contributed by atoms with van der Waals surface area (Å²) in [5.74, 6) is 2.74. The van der Waals surface area contributed by atoms with Gasteiger partial charge in [0.1, 0.15) is 0 Å². The van der Waals surface area contributed by atoms with E-state index in [0.717, 1.165) is 6.42 Å². The molecule has 0 heterocycles. The van der Waals surface area contributed by atoms with Crippen LogP contribution in [0.4, 0.5) is 0 Å². The maximum absolute atomic E-state index is 5.44. The Labute approximate surface area is 128 Å². The molecule has 2 aromatic carbocycles. The van der Waals surface area contributed by atoms with E-state index in [1.165, 1.54) is 22.3 Å². The second-order valence-corrected chi connectivity index (χ2v) is 5.68. The predicted molar refractivity (Wildman–Crippen MR) is 90.2 cm³/mol. The number of rotatable bonds is 5. The summed E-state index contributed by atoms with van der Waals surface area (Å²) in [6.45, 7) is 6.44. The zero-order chi connectivity index (χ0) is 15.2. The standard InChI is InChI=1S/C20H23N/c1-5-9-17(4)21-20(18-10-7-6-8-11-18)19-13-12-15(2)14-16(19)3/h1,6-8,10-14,17,20-21H,9H2,2-4H3. The lowest BCUT2D eigenvalue weighted by atomic mass is 9.93. The fraction of sp³-hybridized carbons (Fsp3) is 0.300. The van der Waals surface area contributed by atoms with E-state index in [1.54, 1.807) is 0 Å². The normalized spacial score (nSPS) is 13.4. The third kappa shape index (κ3) is 3.97. The Morgan fingerprint density at radius 3 is 2.43 bits per heavy atom. The summed E-state index contributed by atoms with van der Waals surface area (Å²) in [6.07, 6.45) is 6.17. The third-order valence-corrected chi connectivity index (χ3v) is 3.74. The monoisotopic (exact) mass is 277 g/mol. The van der Waals surface area contributed by atoms with E-state index in [4.69, 9.17) is 6.42 Å². The molecular formula is C20H23N. The lowest BCUT2D eigenvalue weighted by Crippen LogP contribution is -2.31. The van der Waals surface area contributed by atoms with Gasteiger partial charge in [-0.05, 0) is 37.5 Å². The minimum Gasteiger partial charge on any atom is -0.303 e. The van der Waals surface area contributed by atoms with Gasteiger partial charge in [0.25, 0.3) is 0 Å². The number of nitrogens with one attached hydrogen (secondary N) is 1. The lowest BCUT2D eigenvalue weighted by Gasteiger charge is -2.25. The van der Waals surface area contributed by atoms with Crippen LogP contribution in [-0.2, 0) is 0 Å². The molecule has 0 radical (unpaired) electrons. The molecule has 0 saturated heterocycles. The quantitative estimate of drug-likeness (QED) is 0.799. The largest absolute Gasteiger partial charge is 0.303 e. The van der Waals surface area contributed by atoms with Crippen LogP contribution in [-0.4, -0.2) is 6.04 Å². The highest BCUT2D eigenvalue weighted by molar-refractivity contribution is 5.39. The second-order valence-electron chi connectivity index (χ2n) is 5.68. The molecule has 2 unspecified atom stereocenters. The van der Waals surface area contributed by atoms with Crippen LogP contribution in [0.15, 0.2) is 48.5 Å². The summed E-state index contributed by atoms with van der Waals surface area (Å²) in [7, 11) is 0. The minimum atomic E-state index is 0.176. The van der Waals surface area contributed by atoms with Gasteiger partial charge in [-0.2, -0.15) is 0 Å². The van der Waals surface area contributed by atoms with Gasteiger partial charge in [-0.3, -0.25) is 0 Å². The van der Waals surface area contributed by atoms with Crippen molar-refractivity contribution in [2.24, 2.45) is 0 Å². The van der Waals surface area contributed by atoms with Crippen molar-refractivity contribution >= 4 is 0 Å². The molecule has 108 valence electrons. The Kier molecular flexibility index (Phi) is 5.20. The van der Waals surface area contributed by atoms with Crippen molar-refractivity contribution in [3.05, 3.63) is 70.8 Å². The summed E-state index contributed by atoms with van der Waals surface area (Å²) in [5.41, 5.74) is 5.19. The molecule has 2 atom stereocenters. The first kappa shape index (κ1) is 15.4. The van der Waals surface area contributed by atoms with E-state index in [9.17, 15) is 0 Å². The predicted octanol–water partition coefficient (Wildman–Crippen LogP) is 4.39. The van der Waals surface area contributed by atoms with Crippen molar-refractivity contribution in [2.75, 3.05) is 0 Å². The Morgan fingerprint density at radius 2 is 1.81 bits per heavy atom. The van der Waals surface area contributed by atoms with E-state index in [2.05, 4.69) is 74.5 Å². The van der Waals surface area contributed by atoms with E-state index in [-0.39, 0.29) is 12.1 Å². The Balaban J connectivity index is 2.38. The van der Waals surface area contributed by atoms with Crippen molar-refractivity contribution in [3.63, 3.8) is 0 Å². The average molecular weight is 277 g/mol. The highest BCUT2D eigenvalue weighted by Gasteiger charge is 2.17. The number of hydrogen-bond donors (Lipinski definition) is 1. The van der Waals surface area contributed by atoms with Gasteiger partial charge in [-0.1, -0.05) is 54.1 Å². The summed E-state index contributed by atoms with van der Waals surface area (Å²) >= 11 is 0. The topological polar surface area (TPSA) is 12.0 Å². The summed E-state index contributed by atoms with van der Waals surface area (Å²) in [4.78, 5) is 0. The maximum atomic E-state index is 5.44. The molecule has 2 aromatic rings. The van der Waals surface area contributed by atoms with Crippen LogP contribution in [0.3, 0.4) is 0 Å². The number of benzene rings is 2. The minimum absolute atomic E-state index is 0.176. The Bertz CT molecular complexity index is 622. The molecule has 2 rings (SSSR count). The molecular weight excluding hydrogens is 254 g/mol. The van der Waals surface area contributed by atoms with Crippen LogP contribution < -0.4 is 5.32 Å². The lowest BCUT2D eigenvalue weighted by molar-refractivity contribution is 0.505. The zero-order valence-electron chi connectivity index (χ0n) is 13.1. The first-order chi connectivity index (χ1) is 10.1. The molecule has 0 aromatic heterocycles. The van der Waals surface area contributed by atoms with Crippen LogP contribution in [0.5, 0.6) is 0 Å². The fourth-order valence-electron chi connectivity index (χ4n) is 2.68. The first-order valence-electron chi connectivity index (χ1n) is 7.43. The molecule has 21 heavy (non-hydrogen) atoms. The molecule has 0 amide bonds. The fourth-order valence-corrected chi connectivity index (χ4v) is 2.68. The van der Waals surface area contributed by atoms with Crippen LogP contribution in [0.2, 0.25) is 0 Å². The van der Waals surface area contributed by atoms with Gasteiger partial charge >= 0.3 is 0 Å². The summed E-state index contributed by atoms with van der Waals surface area (Å²) < 4.78 is 0. The Morgan fingerprint density at radius 1 is 1.10 bits per heavy atom. The van der Waals surface area contributed by atoms with Gasteiger partial charge in [0.05, 0.1) is 6.04 Å². The van der Waals surface area contributed by atoms with Crippen molar-refractivity contribution in [2.45, 2.75) is 39.3 Å². The molecule has 0 aliphatic rings. The van der Waals surface area contributed by atoms with Crippen LogP contribution in [0, 0.1) is 26.2 Å². The van der Waals surface area contributed by atoms with Crippen molar-refractivity contribution < 1.29 is 0 Å². The molecule has 0 saturated carbocycles. The Hall–Kier alpha value is -2.04. The van der Waals surface area contributed by atoms with E-state index in [0.29, 0.717) is 0 Å². The van der Waals surface area contributed by atoms with E-state index < -0.39 is 0 Å². The SMILES string of the molecule is C#CCC(C)NC(c1ccccc1)c1ccc(C)cc1C. The maximum Gasteiger partial charge on any atom is 0.0581 e. The summed E-state index contributed by atoms with van der Waals surface area (Å²) in [5, 5.41) is 3.67.